The molecule has 0 amide bonds. The van der Waals surface area contributed by atoms with Gasteiger partial charge < -0.3 is 9.80 Å². The summed E-state index contributed by atoms with van der Waals surface area (Å²) in [6.07, 6.45) is 1.18. The molecule has 1 rings (SSSR count). The van der Waals surface area contributed by atoms with Gasteiger partial charge in [-0.1, -0.05) is 33.6 Å². The second-order valence-corrected chi connectivity index (χ2v) is 5.95. The van der Waals surface area contributed by atoms with E-state index < -0.39 is 0 Å². The molecule has 0 aliphatic rings. The van der Waals surface area contributed by atoms with Crippen molar-refractivity contribution < 1.29 is 0 Å². The summed E-state index contributed by atoms with van der Waals surface area (Å²) in [6, 6.07) is 6.06. The van der Waals surface area contributed by atoms with E-state index in [1.54, 1.807) is 0 Å². The fourth-order valence-electron chi connectivity index (χ4n) is 1.68. The van der Waals surface area contributed by atoms with Crippen molar-refractivity contribution in [3.05, 3.63) is 33.3 Å². The van der Waals surface area contributed by atoms with Crippen LogP contribution in [0.2, 0.25) is 5.02 Å². The van der Waals surface area contributed by atoms with Gasteiger partial charge in [0.25, 0.3) is 0 Å². The summed E-state index contributed by atoms with van der Waals surface area (Å²) in [7, 11) is 6.34. The van der Waals surface area contributed by atoms with Crippen LogP contribution in [-0.2, 0) is 6.54 Å². The first-order valence-corrected chi connectivity index (χ1v) is 6.93. The summed E-state index contributed by atoms with van der Waals surface area (Å²) < 4.78 is 1.03. The van der Waals surface area contributed by atoms with E-state index in [2.05, 4.69) is 52.9 Å². The Hall–Kier alpha value is -0.0900. The molecule has 17 heavy (non-hydrogen) atoms. The topological polar surface area (TPSA) is 6.48 Å². The zero-order valence-electron chi connectivity index (χ0n) is 10.7. The summed E-state index contributed by atoms with van der Waals surface area (Å²) in [5, 5.41) is 0.832. The Labute approximate surface area is 118 Å². The number of benzene rings is 1. The maximum Gasteiger partial charge on any atom is 0.0462 e. The molecule has 0 saturated carbocycles. The zero-order valence-corrected chi connectivity index (χ0v) is 13.1. The molecular formula is C13H20BrClN2. The van der Waals surface area contributed by atoms with Gasteiger partial charge in [0, 0.05) is 16.0 Å². The molecule has 0 radical (unpaired) electrons. The first-order valence-electron chi connectivity index (χ1n) is 5.76. The highest BCUT2D eigenvalue weighted by Gasteiger charge is 2.05. The molecule has 0 atom stereocenters. The Balaban J connectivity index is 2.42. The maximum atomic E-state index is 6.19. The second-order valence-electron chi connectivity index (χ2n) is 4.63. The van der Waals surface area contributed by atoms with Crippen molar-refractivity contribution >= 4 is 27.5 Å². The van der Waals surface area contributed by atoms with Crippen LogP contribution in [0.1, 0.15) is 12.0 Å². The van der Waals surface area contributed by atoms with Gasteiger partial charge in [0.05, 0.1) is 0 Å². The molecule has 0 aliphatic heterocycles. The van der Waals surface area contributed by atoms with Crippen molar-refractivity contribution in [1.29, 1.82) is 0 Å². The van der Waals surface area contributed by atoms with Gasteiger partial charge >= 0.3 is 0 Å². The van der Waals surface area contributed by atoms with Crippen LogP contribution in [0.3, 0.4) is 0 Å². The van der Waals surface area contributed by atoms with Gasteiger partial charge in [0.1, 0.15) is 0 Å². The first-order chi connectivity index (χ1) is 7.99. The lowest BCUT2D eigenvalue weighted by Crippen LogP contribution is -2.23. The van der Waals surface area contributed by atoms with Crippen LogP contribution < -0.4 is 0 Å². The molecular weight excluding hydrogens is 300 g/mol. The minimum Gasteiger partial charge on any atom is -0.309 e. The molecule has 2 nitrogen and oxygen atoms in total. The number of nitrogens with zero attached hydrogens (tertiary/aromatic N) is 2. The van der Waals surface area contributed by atoms with Gasteiger partial charge in [-0.3, -0.25) is 0 Å². The molecule has 96 valence electrons. The molecule has 0 bridgehead atoms. The number of hydrogen-bond acceptors (Lipinski definition) is 2. The fraction of sp³-hybridized carbons (Fsp3) is 0.538. The smallest absolute Gasteiger partial charge is 0.0462 e. The van der Waals surface area contributed by atoms with Crippen molar-refractivity contribution in [1.82, 2.24) is 9.80 Å². The van der Waals surface area contributed by atoms with Crippen molar-refractivity contribution in [3.63, 3.8) is 0 Å². The second kappa shape index (κ2) is 7.37. The van der Waals surface area contributed by atoms with Crippen LogP contribution in [0.25, 0.3) is 0 Å². The third kappa shape index (κ3) is 5.87. The molecule has 0 N–H and O–H groups in total. The van der Waals surface area contributed by atoms with E-state index in [9.17, 15) is 0 Å². The Morgan fingerprint density at radius 2 is 1.88 bits per heavy atom. The lowest BCUT2D eigenvalue weighted by atomic mass is 10.2. The van der Waals surface area contributed by atoms with Crippen LogP contribution in [0, 0.1) is 0 Å². The highest BCUT2D eigenvalue weighted by Crippen LogP contribution is 2.22. The molecule has 0 aromatic heterocycles. The number of halogens is 2. The lowest BCUT2D eigenvalue weighted by molar-refractivity contribution is 0.294. The molecule has 0 fully saturated rings. The summed E-state index contributed by atoms with van der Waals surface area (Å²) in [5.74, 6) is 0. The number of rotatable bonds is 6. The monoisotopic (exact) mass is 318 g/mol. The summed E-state index contributed by atoms with van der Waals surface area (Å²) in [5.41, 5.74) is 1.18. The van der Waals surface area contributed by atoms with E-state index in [0.29, 0.717) is 0 Å². The molecule has 0 spiro atoms. The Morgan fingerprint density at radius 1 is 1.18 bits per heavy atom. The molecule has 0 unspecified atom stereocenters. The average molecular weight is 320 g/mol. The third-order valence-electron chi connectivity index (χ3n) is 2.60. The quantitative estimate of drug-likeness (QED) is 0.792. The molecule has 0 heterocycles. The Kier molecular flexibility index (Phi) is 6.49. The zero-order chi connectivity index (χ0) is 12.8. The van der Waals surface area contributed by atoms with E-state index >= 15 is 0 Å². The van der Waals surface area contributed by atoms with Crippen molar-refractivity contribution in [2.75, 3.05) is 34.2 Å². The van der Waals surface area contributed by atoms with Crippen LogP contribution in [0.15, 0.2) is 22.7 Å². The minimum atomic E-state index is 0.832. The molecule has 1 aromatic rings. The van der Waals surface area contributed by atoms with Gasteiger partial charge in [-0.25, -0.2) is 0 Å². The highest BCUT2D eigenvalue weighted by molar-refractivity contribution is 9.10. The van der Waals surface area contributed by atoms with Crippen LogP contribution >= 0.6 is 27.5 Å². The SMILES string of the molecule is CN(C)CCCN(C)Cc1ccc(Br)cc1Cl. The predicted molar refractivity (Wildman–Crippen MR) is 78.7 cm³/mol. The minimum absolute atomic E-state index is 0.832. The first kappa shape index (κ1) is 15.0. The van der Waals surface area contributed by atoms with E-state index in [4.69, 9.17) is 11.6 Å². The third-order valence-corrected chi connectivity index (χ3v) is 3.45. The standard InChI is InChI=1S/C13H20BrClN2/c1-16(2)7-4-8-17(3)10-11-5-6-12(14)9-13(11)15/h5-6,9H,4,7-8,10H2,1-3H3. The summed E-state index contributed by atoms with van der Waals surface area (Å²) >= 11 is 9.61. The molecule has 0 aliphatic carbocycles. The van der Waals surface area contributed by atoms with E-state index in [1.807, 2.05) is 12.1 Å². The number of hydrogen-bond donors (Lipinski definition) is 0. The van der Waals surface area contributed by atoms with Crippen LogP contribution in [0.5, 0.6) is 0 Å². The van der Waals surface area contributed by atoms with Crippen LogP contribution in [-0.4, -0.2) is 44.0 Å². The normalized spacial score (nSPS) is 11.5. The van der Waals surface area contributed by atoms with E-state index in [1.165, 1.54) is 12.0 Å². The fourth-order valence-corrected chi connectivity index (χ4v) is 2.41. The predicted octanol–water partition coefficient (Wildman–Crippen LogP) is 3.49. The van der Waals surface area contributed by atoms with E-state index in [0.717, 1.165) is 29.1 Å². The van der Waals surface area contributed by atoms with Gasteiger partial charge in [0.2, 0.25) is 0 Å². The van der Waals surface area contributed by atoms with E-state index in [-0.39, 0.29) is 0 Å². The Bertz CT molecular complexity index is 355. The lowest BCUT2D eigenvalue weighted by Gasteiger charge is -2.18. The van der Waals surface area contributed by atoms with Gasteiger partial charge in [-0.05, 0) is 58.3 Å². The van der Waals surface area contributed by atoms with Crippen molar-refractivity contribution in [3.8, 4) is 0 Å². The van der Waals surface area contributed by atoms with Crippen LogP contribution in [0.4, 0.5) is 0 Å². The van der Waals surface area contributed by atoms with Gasteiger partial charge in [-0.2, -0.15) is 0 Å². The molecule has 0 saturated heterocycles. The highest BCUT2D eigenvalue weighted by atomic mass is 79.9. The van der Waals surface area contributed by atoms with Gasteiger partial charge in [-0.15, -0.1) is 0 Å². The van der Waals surface area contributed by atoms with Crippen molar-refractivity contribution in [2.24, 2.45) is 0 Å². The summed E-state index contributed by atoms with van der Waals surface area (Å²) in [6.45, 7) is 3.11. The largest absolute Gasteiger partial charge is 0.309 e. The van der Waals surface area contributed by atoms with Crippen molar-refractivity contribution in [2.45, 2.75) is 13.0 Å². The Morgan fingerprint density at radius 3 is 2.47 bits per heavy atom. The van der Waals surface area contributed by atoms with Gasteiger partial charge in [0.15, 0.2) is 0 Å². The average Bonchev–Trinajstić information content (AvgIpc) is 2.21. The molecule has 1 aromatic carbocycles. The maximum absolute atomic E-state index is 6.19. The molecule has 4 heteroatoms. The summed E-state index contributed by atoms with van der Waals surface area (Å²) in [4.78, 5) is 4.51.